The number of benzene rings is 2. The monoisotopic (exact) mass is 581 g/mol. The fraction of sp³-hybridized carbons (Fsp3) is 0.286. The zero-order valence-electron chi connectivity index (χ0n) is 21.0. The molecule has 3 aliphatic heterocycles. The lowest BCUT2D eigenvalue weighted by Gasteiger charge is -2.44. The number of aliphatic hydroxyl groups is 1. The summed E-state index contributed by atoms with van der Waals surface area (Å²) in [4.78, 5) is 15.4. The highest BCUT2D eigenvalue weighted by atomic mass is 32.2. The summed E-state index contributed by atoms with van der Waals surface area (Å²) >= 11 is 0. The molecular formula is C28H24FN3O6S2. The Kier molecular flexibility index (Phi) is 5.43. The lowest BCUT2D eigenvalue weighted by Crippen LogP contribution is -2.53. The Morgan fingerprint density at radius 1 is 1.10 bits per heavy atom. The molecule has 0 saturated heterocycles. The average molecular weight is 582 g/mol. The Morgan fingerprint density at radius 3 is 2.60 bits per heavy atom. The van der Waals surface area contributed by atoms with E-state index in [9.17, 15) is 31.1 Å². The van der Waals surface area contributed by atoms with Gasteiger partial charge in [-0.15, -0.1) is 4.40 Å². The number of nitrogens with one attached hydrogen (secondary N) is 1. The minimum atomic E-state index is -4.36. The fourth-order valence-electron chi connectivity index (χ4n) is 6.55. The summed E-state index contributed by atoms with van der Waals surface area (Å²) in [7, 11) is -7.86. The van der Waals surface area contributed by atoms with Gasteiger partial charge in [-0.25, -0.2) is 12.8 Å². The van der Waals surface area contributed by atoms with Crippen molar-refractivity contribution in [1.82, 2.24) is 4.90 Å². The average Bonchev–Trinajstić information content (AvgIpc) is 3.62. The van der Waals surface area contributed by atoms with Crippen LogP contribution in [0.1, 0.15) is 30.4 Å². The molecule has 0 unspecified atom stereocenters. The number of carbonyl (C=O) groups is 1. The topological polar surface area (TPSA) is 133 Å². The van der Waals surface area contributed by atoms with Crippen LogP contribution in [0, 0.1) is 17.7 Å². The number of hydrogen-bond donors (Lipinski definition) is 2. The molecule has 9 nitrogen and oxygen atoms in total. The molecule has 206 valence electrons. The number of sulfonamides is 1. The Morgan fingerprint density at radius 2 is 1.88 bits per heavy atom. The first-order valence-corrected chi connectivity index (χ1v) is 16.0. The van der Waals surface area contributed by atoms with E-state index in [4.69, 9.17) is 0 Å². The van der Waals surface area contributed by atoms with Crippen LogP contribution >= 0.6 is 0 Å². The van der Waals surface area contributed by atoms with Gasteiger partial charge >= 0.3 is 0 Å². The third kappa shape index (κ3) is 3.76. The fourth-order valence-corrected chi connectivity index (χ4v) is 9.20. The number of rotatable bonds is 4. The quantitative estimate of drug-likeness (QED) is 0.526. The first-order chi connectivity index (χ1) is 19.0. The molecule has 2 aliphatic carbocycles. The van der Waals surface area contributed by atoms with Gasteiger partial charge in [0.05, 0.1) is 28.3 Å². The normalized spacial score (nSPS) is 27.5. The first kappa shape index (κ1) is 25.2. The molecule has 0 fully saturated rings. The Balaban J connectivity index is 1.29. The smallest absolute Gasteiger partial charge is 0.286 e. The number of aliphatic hydroxyl groups excluding tert-OH is 1. The summed E-state index contributed by atoms with van der Waals surface area (Å²) in [6.07, 6.45) is 5.61. The van der Waals surface area contributed by atoms with Gasteiger partial charge < -0.3 is 15.3 Å². The molecule has 2 N–H and O–H groups in total. The predicted octanol–water partition coefficient (Wildman–Crippen LogP) is 3.69. The molecule has 40 heavy (non-hydrogen) atoms. The molecule has 1 amide bonds. The summed E-state index contributed by atoms with van der Waals surface area (Å²) in [5.74, 6) is -1.95. The Hall–Kier alpha value is -3.77. The number of anilines is 1. The van der Waals surface area contributed by atoms with Crippen LogP contribution < -0.4 is 5.32 Å². The minimum absolute atomic E-state index is 0.0316. The van der Waals surface area contributed by atoms with Crippen molar-refractivity contribution in [1.29, 1.82) is 0 Å². The van der Waals surface area contributed by atoms with Crippen molar-refractivity contribution in [2.75, 3.05) is 11.1 Å². The van der Waals surface area contributed by atoms with Gasteiger partial charge in [-0.1, -0.05) is 35.9 Å². The number of nitrogens with zero attached hydrogens (tertiary/aromatic N) is 2. The summed E-state index contributed by atoms with van der Waals surface area (Å²) in [5.41, 5.74) is 1.84. The third-order valence-electron chi connectivity index (χ3n) is 8.32. The number of fused-ring (bicyclic) bond motifs is 5. The van der Waals surface area contributed by atoms with Crippen LogP contribution in [-0.2, 0) is 31.2 Å². The summed E-state index contributed by atoms with van der Waals surface area (Å²) < 4.78 is 68.9. The number of amidine groups is 1. The highest BCUT2D eigenvalue weighted by Crippen LogP contribution is 2.51. The van der Waals surface area contributed by atoms with Crippen LogP contribution in [0.3, 0.4) is 0 Å². The van der Waals surface area contributed by atoms with Gasteiger partial charge in [0, 0.05) is 6.54 Å². The molecule has 5 aliphatic rings. The van der Waals surface area contributed by atoms with Crippen LogP contribution in [0.15, 0.2) is 80.8 Å². The molecule has 2 bridgehead atoms. The van der Waals surface area contributed by atoms with Crippen LogP contribution in [0.2, 0.25) is 0 Å². The van der Waals surface area contributed by atoms with E-state index in [1.54, 1.807) is 23.1 Å². The van der Waals surface area contributed by atoms with Crippen molar-refractivity contribution in [3.8, 4) is 0 Å². The Bertz CT molecular complexity index is 1840. The van der Waals surface area contributed by atoms with E-state index in [1.807, 2.05) is 0 Å². The zero-order chi connectivity index (χ0) is 28.0. The minimum Gasteiger partial charge on any atom is -0.511 e. The number of hydrogen-bond acceptors (Lipinski definition) is 7. The number of carbonyl (C=O) groups excluding carboxylic acids is 1. The maximum Gasteiger partial charge on any atom is 0.286 e. The molecule has 2 aromatic carbocycles. The van der Waals surface area contributed by atoms with E-state index in [0.29, 0.717) is 12.0 Å². The molecule has 2 aromatic rings. The summed E-state index contributed by atoms with van der Waals surface area (Å²) in [5, 5.41) is 14.3. The van der Waals surface area contributed by atoms with E-state index in [0.717, 1.165) is 18.4 Å². The number of sulfone groups is 1. The molecule has 0 saturated carbocycles. The van der Waals surface area contributed by atoms with Crippen molar-refractivity contribution >= 4 is 42.2 Å². The standard InChI is InChI=1S/C28H24FN3O6S2/c29-19-8-3-15(4-9-19)14-32-25-18-6-5-17(12-18)23(25)26(33)24(28(32)34)27-30-20-10-7-16(13-22(20)40(37,38)31-27)21-2-1-11-39(21,35)36/h2-4,7-10,12-13,18,23,25,33H,1,5-6,11,14H2,(H,30,31)/t18-,23-,25+/m1/s1. The zero-order valence-corrected chi connectivity index (χ0v) is 22.7. The molecule has 7 rings (SSSR count). The lowest BCUT2D eigenvalue weighted by molar-refractivity contribution is -0.133. The van der Waals surface area contributed by atoms with Crippen molar-refractivity contribution in [3.63, 3.8) is 0 Å². The van der Waals surface area contributed by atoms with Crippen LogP contribution in [0.25, 0.3) is 4.91 Å². The van der Waals surface area contributed by atoms with Gasteiger partial charge in [-0.05, 0) is 60.6 Å². The van der Waals surface area contributed by atoms with Crippen molar-refractivity contribution in [2.24, 2.45) is 16.2 Å². The Labute approximate surface area is 230 Å². The number of halogens is 1. The molecule has 0 aromatic heterocycles. The summed E-state index contributed by atoms with van der Waals surface area (Å²) in [6.45, 7) is 0.151. The molecular weight excluding hydrogens is 557 g/mol. The van der Waals surface area contributed by atoms with Crippen molar-refractivity contribution in [3.05, 3.63) is 88.5 Å². The van der Waals surface area contributed by atoms with Crippen LogP contribution in [-0.4, -0.2) is 50.4 Å². The van der Waals surface area contributed by atoms with Gasteiger partial charge in [-0.3, -0.25) is 4.79 Å². The van der Waals surface area contributed by atoms with E-state index < -0.39 is 37.5 Å². The lowest BCUT2D eigenvalue weighted by atomic mass is 9.77. The number of allylic oxidation sites excluding steroid dienone is 1. The molecule has 3 atom stereocenters. The van der Waals surface area contributed by atoms with Gasteiger partial charge in [0.1, 0.15) is 22.0 Å². The maximum atomic E-state index is 14.0. The SMILES string of the molecule is O=C1C(C2=NS(=O)(=O)c3cc(C4=CCCS4(=O)=O)ccc3N2)=C(O)[C@@H]2C3=C[C@@H](CC3)[C@@H]2N1Cc1ccc(F)cc1. The first-order valence-electron chi connectivity index (χ1n) is 12.9. The second-order valence-corrected chi connectivity index (χ2v) is 14.3. The number of amides is 1. The predicted molar refractivity (Wildman–Crippen MR) is 146 cm³/mol. The van der Waals surface area contributed by atoms with Crippen LogP contribution in [0.5, 0.6) is 0 Å². The van der Waals surface area contributed by atoms with Gasteiger partial charge in [-0.2, -0.15) is 8.42 Å². The molecule has 0 radical (unpaired) electrons. The second-order valence-electron chi connectivity index (χ2n) is 10.7. The summed E-state index contributed by atoms with van der Waals surface area (Å²) in [6, 6.07) is 9.69. The molecule has 0 spiro atoms. The van der Waals surface area contributed by atoms with Crippen molar-refractivity contribution < 1.29 is 31.1 Å². The van der Waals surface area contributed by atoms with E-state index in [2.05, 4.69) is 15.8 Å². The van der Waals surface area contributed by atoms with Gasteiger partial charge in [0.25, 0.3) is 15.9 Å². The molecule has 12 heteroatoms. The second kappa shape index (κ2) is 8.61. The van der Waals surface area contributed by atoms with E-state index in [1.165, 1.54) is 30.3 Å². The van der Waals surface area contributed by atoms with Gasteiger partial charge in [0.2, 0.25) is 0 Å². The maximum absolute atomic E-state index is 14.0. The third-order valence-corrected chi connectivity index (χ3v) is 11.5. The van der Waals surface area contributed by atoms with E-state index in [-0.39, 0.29) is 62.5 Å². The van der Waals surface area contributed by atoms with Gasteiger partial charge in [0.15, 0.2) is 15.7 Å². The van der Waals surface area contributed by atoms with Crippen LogP contribution in [0.4, 0.5) is 10.1 Å². The highest BCUT2D eigenvalue weighted by Gasteiger charge is 2.53. The largest absolute Gasteiger partial charge is 0.511 e. The highest BCUT2D eigenvalue weighted by molar-refractivity contribution is 8.00. The van der Waals surface area contributed by atoms with E-state index >= 15 is 0 Å². The molecule has 3 heterocycles. The van der Waals surface area contributed by atoms with Crippen molar-refractivity contribution in [2.45, 2.75) is 36.7 Å².